The van der Waals surface area contributed by atoms with Gasteiger partial charge in [0.1, 0.15) is 0 Å². The molecule has 0 unspecified atom stereocenters. The number of halogens is 1. The van der Waals surface area contributed by atoms with Gasteiger partial charge in [0.15, 0.2) is 0 Å². The van der Waals surface area contributed by atoms with E-state index in [-0.39, 0.29) is 6.04 Å². The Kier molecular flexibility index (Phi) is 4.56. The molecular weight excluding hydrogens is 408 g/mol. The van der Waals surface area contributed by atoms with Gasteiger partial charge in [-0.2, -0.15) is 5.10 Å². The van der Waals surface area contributed by atoms with Crippen LogP contribution in [0.1, 0.15) is 41.1 Å². The SMILES string of the molecule is Cc1ccc2c(c1)C1=NN(c3ccccc3)[C@H](c3ccc(Br)cc3)[C@@H]1CCC2. The van der Waals surface area contributed by atoms with Gasteiger partial charge in [-0.05, 0) is 67.6 Å². The Morgan fingerprint density at radius 1 is 0.964 bits per heavy atom. The number of nitrogens with zero attached hydrogens (tertiary/aromatic N) is 2. The number of anilines is 1. The van der Waals surface area contributed by atoms with Gasteiger partial charge in [0.05, 0.1) is 17.4 Å². The minimum atomic E-state index is 0.233. The van der Waals surface area contributed by atoms with Gasteiger partial charge in [-0.3, -0.25) is 5.01 Å². The lowest BCUT2D eigenvalue weighted by molar-refractivity contribution is 0.505. The molecule has 0 fully saturated rings. The van der Waals surface area contributed by atoms with Gasteiger partial charge in [-0.15, -0.1) is 0 Å². The van der Waals surface area contributed by atoms with E-state index in [0.29, 0.717) is 5.92 Å². The van der Waals surface area contributed by atoms with Crippen LogP contribution in [0.25, 0.3) is 0 Å². The first-order valence-corrected chi connectivity index (χ1v) is 10.8. The zero-order valence-corrected chi connectivity index (χ0v) is 17.6. The molecule has 3 aromatic carbocycles. The van der Waals surface area contributed by atoms with Gasteiger partial charge in [-0.25, -0.2) is 0 Å². The van der Waals surface area contributed by atoms with Gasteiger partial charge in [0.2, 0.25) is 0 Å². The van der Waals surface area contributed by atoms with Crippen molar-refractivity contribution in [1.82, 2.24) is 0 Å². The summed E-state index contributed by atoms with van der Waals surface area (Å²) in [5.41, 5.74) is 7.84. The number of rotatable bonds is 2. The second-order valence-corrected chi connectivity index (χ2v) is 8.74. The Labute approximate surface area is 175 Å². The van der Waals surface area contributed by atoms with Crippen molar-refractivity contribution < 1.29 is 0 Å². The molecule has 28 heavy (non-hydrogen) atoms. The summed E-state index contributed by atoms with van der Waals surface area (Å²) in [6.07, 6.45) is 3.51. The van der Waals surface area contributed by atoms with E-state index in [1.54, 1.807) is 0 Å². The fourth-order valence-electron chi connectivity index (χ4n) is 4.61. The minimum Gasteiger partial charge on any atom is -0.257 e. The van der Waals surface area contributed by atoms with Crippen LogP contribution in [-0.4, -0.2) is 5.71 Å². The summed E-state index contributed by atoms with van der Waals surface area (Å²) in [4.78, 5) is 0. The van der Waals surface area contributed by atoms with Crippen molar-refractivity contribution in [1.29, 1.82) is 0 Å². The Morgan fingerprint density at radius 3 is 2.54 bits per heavy atom. The van der Waals surface area contributed by atoms with Crippen molar-refractivity contribution >= 4 is 27.3 Å². The maximum atomic E-state index is 5.24. The second-order valence-electron chi connectivity index (χ2n) is 7.82. The van der Waals surface area contributed by atoms with Crippen LogP contribution in [0.4, 0.5) is 5.69 Å². The molecule has 2 atom stereocenters. The highest BCUT2D eigenvalue weighted by molar-refractivity contribution is 9.10. The molecule has 0 bridgehead atoms. The summed E-state index contributed by atoms with van der Waals surface area (Å²) < 4.78 is 1.11. The summed E-state index contributed by atoms with van der Waals surface area (Å²) in [5.74, 6) is 0.407. The molecule has 1 aliphatic heterocycles. The average molecular weight is 431 g/mol. The summed E-state index contributed by atoms with van der Waals surface area (Å²) in [6.45, 7) is 2.18. The predicted octanol–water partition coefficient (Wildman–Crippen LogP) is 6.68. The van der Waals surface area contributed by atoms with E-state index in [9.17, 15) is 0 Å². The lowest BCUT2D eigenvalue weighted by Crippen LogP contribution is -2.25. The van der Waals surface area contributed by atoms with Crippen LogP contribution >= 0.6 is 15.9 Å². The van der Waals surface area contributed by atoms with Gasteiger partial charge in [0, 0.05) is 16.0 Å². The lowest BCUT2D eigenvalue weighted by atomic mass is 9.85. The Hall–Kier alpha value is -2.39. The fraction of sp³-hybridized carbons (Fsp3) is 0.240. The second kappa shape index (κ2) is 7.21. The standard InChI is InChI=1S/C25H23BrN2/c1-17-10-11-18-6-5-9-22-24(23(18)16-17)27-28(21-7-3-2-4-8-21)25(22)19-12-14-20(26)15-13-19/h2-4,7-8,10-16,22,25H,5-6,9H2,1H3/t22-,25-/m1/s1. The largest absolute Gasteiger partial charge is 0.257 e. The molecule has 140 valence electrons. The zero-order chi connectivity index (χ0) is 19.1. The molecule has 0 saturated carbocycles. The number of benzene rings is 3. The molecule has 1 aliphatic carbocycles. The smallest absolute Gasteiger partial charge is 0.0860 e. The normalized spacial score (nSPS) is 20.9. The Morgan fingerprint density at radius 2 is 1.75 bits per heavy atom. The van der Waals surface area contributed by atoms with E-state index >= 15 is 0 Å². The molecule has 2 aliphatic rings. The first kappa shape index (κ1) is 17.7. The summed E-state index contributed by atoms with van der Waals surface area (Å²) >= 11 is 3.58. The highest BCUT2D eigenvalue weighted by atomic mass is 79.9. The molecule has 3 aromatic rings. The third-order valence-electron chi connectivity index (χ3n) is 5.95. The molecular formula is C25H23BrN2. The monoisotopic (exact) mass is 430 g/mol. The molecule has 1 heterocycles. The fourth-order valence-corrected chi connectivity index (χ4v) is 4.88. The summed E-state index contributed by atoms with van der Waals surface area (Å²) in [7, 11) is 0. The molecule has 0 saturated heterocycles. The first-order valence-electron chi connectivity index (χ1n) is 9.99. The number of hydrogen-bond donors (Lipinski definition) is 0. The lowest BCUT2D eigenvalue weighted by Gasteiger charge is -2.28. The van der Waals surface area contributed by atoms with Crippen LogP contribution < -0.4 is 5.01 Å². The van der Waals surface area contributed by atoms with Crippen LogP contribution in [0.15, 0.2) is 82.4 Å². The van der Waals surface area contributed by atoms with Crippen LogP contribution in [-0.2, 0) is 6.42 Å². The summed E-state index contributed by atoms with van der Waals surface area (Å²) in [5, 5.41) is 7.49. The molecule has 5 rings (SSSR count). The highest BCUT2D eigenvalue weighted by Gasteiger charge is 2.41. The van der Waals surface area contributed by atoms with Gasteiger partial charge in [-0.1, -0.05) is 64.0 Å². The van der Waals surface area contributed by atoms with Crippen molar-refractivity contribution in [2.24, 2.45) is 11.0 Å². The van der Waals surface area contributed by atoms with E-state index in [2.05, 4.69) is 101 Å². The molecule has 0 aromatic heterocycles. The number of fused-ring (bicyclic) bond motifs is 3. The first-order chi connectivity index (χ1) is 13.7. The van der Waals surface area contributed by atoms with E-state index < -0.39 is 0 Å². The zero-order valence-electron chi connectivity index (χ0n) is 16.0. The molecule has 0 radical (unpaired) electrons. The van der Waals surface area contributed by atoms with Gasteiger partial charge in [0.25, 0.3) is 0 Å². The van der Waals surface area contributed by atoms with Crippen LogP contribution in [0.5, 0.6) is 0 Å². The summed E-state index contributed by atoms with van der Waals surface area (Å²) in [6, 6.07) is 26.5. The predicted molar refractivity (Wildman–Crippen MR) is 120 cm³/mol. The van der Waals surface area contributed by atoms with Crippen molar-refractivity contribution in [2.75, 3.05) is 5.01 Å². The molecule has 3 heteroatoms. The van der Waals surface area contributed by atoms with E-state index in [1.165, 1.54) is 34.4 Å². The van der Waals surface area contributed by atoms with E-state index in [0.717, 1.165) is 23.0 Å². The quantitative estimate of drug-likeness (QED) is 0.442. The number of hydrazone groups is 1. The third kappa shape index (κ3) is 3.08. The average Bonchev–Trinajstić information content (AvgIpc) is 3.00. The third-order valence-corrected chi connectivity index (χ3v) is 6.47. The number of aryl methyl sites for hydroxylation is 2. The van der Waals surface area contributed by atoms with Crippen LogP contribution in [0.3, 0.4) is 0 Å². The minimum absolute atomic E-state index is 0.233. The van der Waals surface area contributed by atoms with Crippen molar-refractivity contribution in [3.63, 3.8) is 0 Å². The number of hydrogen-bond acceptors (Lipinski definition) is 2. The number of para-hydroxylation sites is 1. The van der Waals surface area contributed by atoms with Crippen molar-refractivity contribution in [2.45, 2.75) is 32.2 Å². The maximum absolute atomic E-state index is 5.24. The van der Waals surface area contributed by atoms with E-state index in [4.69, 9.17) is 5.10 Å². The maximum Gasteiger partial charge on any atom is 0.0860 e. The van der Waals surface area contributed by atoms with Crippen LogP contribution in [0, 0.1) is 12.8 Å². The topological polar surface area (TPSA) is 15.6 Å². The molecule has 0 N–H and O–H groups in total. The Balaban J connectivity index is 1.67. The highest BCUT2D eigenvalue weighted by Crippen LogP contribution is 2.45. The van der Waals surface area contributed by atoms with Crippen LogP contribution in [0.2, 0.25) is 0 Å². The van der Waals surface area contributed by atoms with Crippen molar-refractivity contribution in [3.05, 3.63) is 99.5 Å². The molecule has 0 spiro atoms. The van der Waals surface area contributed by atoms with Crippen molar-refractivity contribution in [3.8, 4) is 0 Å². The Bertz CT molecular complexity index is 1020. The molecule has 2 nitrogen and oxygen atoms in total. The van der Waals surface area contributed by atoms with Gasteiger partial charge < -0.3 is 0 Å². The van der Waals surface area contributed by atoms with Gasteiger partial charge >= 0.3 is 0 Å². The van der Waals surface area contributed by atoms with E-state index in [1.807, 2.05) is 0 Å². The molecule has 0 amide bonds.